The van der Waals surface area contributed by atoms with Gasteiger partial charge in [-0.2, -0.15) is 5.26 Å². The number of halogens is 1. The number of anilines is 2. The van der Waals surface area contributed by atoms with Crippen LogP contribution in [0, 0.1) is 24.1 Å². The standard InChI is InChI=1S/C27H30FN5O2/c1-16-6-5-7-21(28)23(16)17-12-18-15-31-25(30)20(14-29)24(18)22(13-17)32-19-8-10-33(11-9-19)26(34)35-27(2,3)4/h5-7,12-13,15,19,32H,8-11H2,1-4H3,(H2,30,31). The highest BCUT2D eigenvalue weighted by Crippen LogP contribution is 2.37. The number of fused-ring (bicyclic) bond motifs is 1. The molecule has 1 aliphatic heterocycles. The quantitative estimate of drug-likeness (QED) is 0.510. The van der Waals surface area contributed by atoms with Gasteiger partial charge in [-0.3, -0.25) is 0 Å². The van der Waals surface area contributed by atoms with Crippen molar-refractivity contribution in [1.29, 1.82) is 5.26 Å². The number of nitrogen functional groups attached to an aromatic ring is 1. The molecule has 0 saturated carbocycles. The Morgan fingerprint density at radius 2 is 2.00 bits per heavy atom. The van der Waals surface area contributed by atoms with E-state index < -0.39 is 5.60 Å². The fourth-order valence-electron chi connectivity index (χ4n) is 4.50. The number of likely N-dealkylation sites (tertiary alicyclic amines) is 1. The minimum atomic E-state index is -0.544. The number of amides is 1. The van der Waals surface area contributed by atoms with Crippen molar-refractivity contribution in [2.24, 2.45) is 0 Å². The summed E-state index contributed by atoms with van der Waals surface area (Å²) in [6, 6.07) is 10.9. The van der Waals surface area contributed by atoms with E-state index in [2.05, 4.69) is 16.4 Å². The maximum atomic E-state index is 14.8. The third-order valence-electron chi connectivity index (χ3n) is 6.15. The third kappa shape index (κ3) is 5.14. The number of aryl methyl sites for hydroxylation is 1. The van der Waals surface area contributed by atoms with Crippen molar-refractivity contribution in [1.82, 2.24) is 9.88 Å². The topological polar surface area (TPSA) is 104 Å². The average molecular weight is 476 g/mol. The summed E-state index contributed by atoms with van der Waals surface area (Å²) in [6.07, 6.45) is 2.70. The molecule has 0 spiro atoms. The van der Waals surface area contributed by atoms with Crippen LogP contribution in [0.2, 0.25) is 0 Å². The number of hydrogen-bond donors (Lipinski definition) is 2. The molecule has 182 valence electrons. The number of hydrogen-bond acceptors (Lipinski definition) is 6. The largest absolute Gasteiger partial charge is 0.444 e. The van der Waals surface area contributed by atoms with E-state index in [1.165, 1.54) is 6.07 Å². The second-order valence-corrected chi connectivity index (χ2v) is 9.94. The Morgan fingerprint density at radius 3 is 2.63 bits per heavy atom. The van der Waals surface area contributed by atoms with Crippen LogP contribution in [0.25, 0.3) is 21.9 Å². The molecule has 4 rings (SSSR count). The molecule has 35 heavy (non-hydrogen) atoms. The Balaban J connectivity index is 1.68. The van der Waals surface area contributed by atoms with E-state index >= 15 is 0 Å². The van der Waals surface area contributed by atoms with Gasteiger partial charge < -0.3 is 20.7 Å². The maximum absolute atomic E-state index is 14.8. The summed E-state index contributed by atoms with van der Waals surface area (Å²) in [6.45, 7) is 8.51. The highest BCUT2D eigenvalue weighted by atomic mass is 19.1. The molecule has 3 aromatic rings. The number of piperidine rings is 1. The zero-order chi connectivity index (χ0) is 25.3. The smallest absolute Gasteiger partial charge is 0.410 e. The van der Waals surface area contributed by atoms with Crippen molar-refractivity contribution in [2.45, 2.75) is 52.2 Å². The average Bonchev–Trinajstić information content (AvgIpc) is 2.78. The SMILES string of the molecule is Cc1cccc(F)c1-c1cc(NC2CCN(C(=O)OC(C)(C)C)CC2)c2c(C#N)c(N)ncc2c1. The number of nitrogens with zero attached hydrogens (tertiary/aromatic N) is 3. The molecule has 1 amide bonds. The van der Waals surface area contributed by atoms with Gasteiger partial charge >= 0.3 is 6.09 Å². The van der Waals surface area contributed by atoms with Crippen molar-refractivity contribution in [3.05, 3.63) is 53.5 Å². The molecule has 0 aliphatic carbocycles. The van der Waals surface area contributed by atoms with Crippen LogP contribution in [0.5, 0.6) is 0 Å². The Labute approximate surface area is 204 Å². The first-order chi connectivity index (χ1) is 16.6. The van der Waals surface area contributed by atoms with E-state index in [-0.39, 0.29) is 29.3 Å². The second-order valence-electron chi connectivity index (χ2n) is 9.94. The minimum absolute atomic E-state index is 0.0507. The zero-order valence-corrected chi connectivity index (χ0v) is 20.5. The zero-order valence-electron chi connectivity index (χ0n) is 20.5. The Bertz CT molecular complexity index is 1300. The minimum Gasteiger partial charge on any atom is -0.444 e. The monoisotopic (exact) mass is 475 g/mol. The molecule has 0 atom stereocenters. The number of carbonyl (C=O) groups is 1. The maximum Gasteiger partial charge on any atom is 0.410 e. The number of nitrogens with two attached hydrogens (primary N) is 1. The molecule has 0 bridgehead atoms. The molecule has 1 aliphatic rings. The lowest BCUT2D eigenvalue weighted by molar-refractivity contribution is 0.0210. The normalized spacial score (nSPS) is 14.6. The van der Waals surface area contributed by atoms with Crippen LogP contribution in [0.15, 0.2) is 36.5 Å². The number of rotatable bonds is 3. The first-order valence-corrected chi connectivity index (χ1v) is 11.7. The van der Waals surface area contributed by atoms with E-state index in [9.17, 15) is 14.4 Å². The second kappa shape index (κ2) is 9.41. The van der Waals surface area contributed by atoms with Crippen molar-refractivity contribution in [3.63, 3.8) is 0 Å². The van der Waals surface area contributed by atoms with E-state index in [0.717, 1.165) is 5.56 Å². The van der Waals surface area contributed by atoms with Crippen LogP contribution >= 0.6 is 0 Å². The van der Waals surface area contributed by atoms with Gasteiger partial charge in [-0.15, -0.1) is 0 Å². The van der Waals surface area contributed by atoms with Gasteiger partial charge in [0, 0.05) is 47.4 Å². The summed E-state index contributed by atoms with van der Waals surface area (Å²) in [5.74, 6) is -0.164. The summed E-state index contributed by atoms with van der Waals surface area (Å²) in [5, 5.41) is 14.7. The van der Waals surface area contributed by atoms with Gasteiger partial charge in [-0.05, 0) is 69.9 Å². The lowest BCUT2D eigenvalue weighted by Crippen LogP contribution is -2.44. The molecule has 1 aromatic heterocycles. The van der Waals surface area contributed by atoms with Crippen LogP contribution in [0.1, 0.15) is 44.7 Å². The van der Waals surface area contributed by atoms with Crippen molar-refractivity contribution >= 4 is 28.4 Å². The van der Waals surface area contributed by atoms with E-state index in [4.69, 9.17) is 10.5 Å². The van der Waals surface area contributed by atoms with Crippen LogP contribution in [-0.2, 0) is 4.74 Å². The summed E-state index contributed by atoms with van der Waals surface area (Å²) >= 11 is 0. The fraction of sp³-hybridized carbons (Fsp3) is 0.370. The first kappa shape index (κ1) is 24.3. The Morgan fingerprint density at radius 1 is 1.29 bits per heavy atom. The predicted octanol–water partition coefficient (Wildman–Crippen LogP) is 5.61. The number of benzene rings is 2. The molecule has 2 aromatic carbocycles. The molecule has 8 heteroatoms. The number of ether oxygens (including phenoxy) is 1. The van der Waals surface area contributed by atoms with Crippen LogP contribution in [0.4, 0.5) is 20.7 Å². The van der Waals surface area contributed by atoms with E-state index in [1.807, 2.05) is 45.9 Å². The first-order valence-electron chi connectivity index (χ1n) is 11.7. The Kier molecular flexibility index (Phi) is 6.53. The molecule has 0 radical (unpaired) electrons. The van der Waals surface area contributed by atoms with Crippen LogP contribution in [0.3, 0.4) is 0 Å². The molecule has 2 heterocycles. The van der Waals surface area contributed by atoms with Crippen molar-refractivity contribution in [3.8, 4) is 17.2 Å². The molecule has 7 nitrogen and oxygen atoms in total. The van der Waals surface area contributed by atoms with E-state index in [0.29, 0.717) is 53.5 Å². The number of nitriles is 1. The van der Waals surface area contributed by atoms with Gasteiger partial charge in [0.05, 0.1) is 0 Å². The lowest BCUT2D eigenvalue weighted by atomic mass is 9.94. The summed E-state index contributed by atoms with van der Waals surface area (Å²) in [4.78, 5) is 18.3. The van der Waals surface area contributed by atoms with Gasteiger partial charge in [-0.1, -0.05) is 12.1 Å². The van der Waals surface area contributed by atoms with E-state index in [1.54, 1.807) is 17.2 Å². The van der Waals surface area contributed by atoms with Gasteiger partial charge in [0.2, 0.25) is 0 Å². The summed E-state index contributed by atoms with van der Waals surface area (Å²) < 4.78 is 20.3. The number of carbonyl (C=O) groups excluding carboxylic acids is 1. The van der Waals surface area contributed by atoms with Crippen LogP contribution in [-0.4, -0.2) is 40.7 Å². The van der Waals surface area contributed by atoms with Gasteiger partial charge in [0.15, 0.2) is 0 Å². The highest BCUT2D eigenvalue weighted by Gasteiger charge is 2.27. The fourth-order valence-corrected chi connectivity index (χ4v) is 4.50. The Hall–Kier alpha value is -3.86. The van der Waals surface area contributed by atoms with Gasteiger partial charge in [-0.25, -0.2) is 14.2 Å². The molecular formula is C27H30FN5O2. The van der Waals surface area contributed by atoms with Crippen molar-refractivity contribution < 1.29 is 13.9 Å². The van der Waals surface area contributed by atoms with Crippen molar-refractivity contribution in [2.75, 3.05) is 24.1 Å². The molecular weight excluding hydrogens is 445 g/mol. The van der Waals surface area contributed by atoms with Crippen LogP contribution < -0.4 is 11.1 Å². The molecule has 1 fully saturated rings. The summed E-state index contributed by atoms with van der Waals surface area (Å²) in [5.41, 5.74) is 8.47. The molecule has 3 N–H and O–H groups in total. The molecule has 0 unspecified atom stereocenters. The number of aromatic nitrogens is 1. The number of pyridine rings is 1. The molecule has 1 saturated heterocycles. The lowest BCUT2D eigenvalue weighted by Gasteiger charge is -2.34. The highest BCUT2D eigenvalue weighted by molar-refractivity contribution is 6.03. The summed E-state index contributed by atoms with van der Waals surface area (Å²) in [7, 11) is 0. The third-order valence-corrected chi connectivity index (χ3v) is 6.15. The predicted molar refractivity (Wildman–Crippen MR) is 135 cm³/mol. The number of nitrogens with one attached hydrogen (secondary N) is 1. The van der Waals surface area contributed by atoms with Gasteiger partial charge in [0.1, 0.15) is 28.9 Å². The van der Waals surface area contributed by atoms with Gasteiger partial charge in [0.25, 0.3) is 0 Å².